The van der Waals surface area contributed by atoms with E-state index in [1.54, 1.807) is 13.0 Å². The molecule has 1 aromatic rings. The first-order chi connectivity index (χ1) is 11.4. The fraction of sp³-hybridized carbons (Fsp3) is 0.529. The number of imide groups is 1. The Balaban J connectivity index is 1.50. The van der Waals surface area contributed by atoms with Gasteiger partial charge in [-0.3, -0.25) is 9.69 Å². The average molecular weight is 353 g/mol. The number of carbonyl (C=O) groups is 2. The number of ether oxygens (including phenoxy) is 1. The fourth-order valence-corrected chi connectivity index (χ4v) is 3.19. The van der Waals surface area contributed by atoms with Crippen LogP contribution in [0.3, 0.4) is 0 Å². The van der Waals surface area contributed by atoms with Gasteiger partial charge in [-0.15, -0.1) is 0 Å². The van der Waals surface area contributed by atoms with Crippen LogP contribution in [0.1, 0.15) is 25.3 Å². The van der Waals surface area contributed by atoms with E-state index in [9.17, 15) is 14.7 Å². The Kier molecular flexibility index (Phi) is 4.80. The minimum absolute atomic E-state index is 0.0163. The van der Waals surface area contributed by atoms with Crippen LogP contribution in [0.4, 0.5) is 4.79 Å². The van der Waals surface area contributed by atoms with Crippen LogP contribution in [0, 0.1) is 5.92 Å². The molecule has 1 saturated heterocycles. The zero-order valence-electron chi connectivity index (χ0n) is 13.5. The fourth-order valence-electron chi connectivity index (χ4n) is 3.00. The summed E-state index contributed by atoms with van der Waals surface area (Å²) < 4.78 is 5.45. The largest absolute Gasteiger partial charge is 0.389 e. The maximum absolute atomic E-state index is 12.5. The lowest BCUT2D eigenvalue weighted by atomic mass is 9.96. The topological polar surface area (TPSA) is 78.9 Å². The van der Waals surface area contributed by atoms with Crippen molar-refractivity contribution in [3.8, 4) is 0 Å². The Morgan fingerprint density at radius 2 is 2.12 bits per heavy atom. The van der Waals surface area contributed by atoms with E-state index >= 15 is 0 Å². The molecule has 0 spiro atoms. The van der Waals surface area contributed by atoms with Gasteiger partial charge in [0.25, 0.3) is 5.91 Å². The van der Waals surface area contributed by atoms with Crippen molar-refractivity contribution in [1.82, 2.24) is 10.2 Å². The van der Waals surface area contributed by atoms with Gasteiger partial charge in [-0.2, -0.15) is 0 Å². The molecule has 1 heterocycles. The standard InChI is InChI=1S/C17H21ClN2O4/c1-17(12-6-7-12)15(22)20(16(23)19-17)8-13(21)10-24-9-11-4-2-3-5-14(11)18/h2-5,12-13,21H,6-10H2,1H3,(H,19,23). The lowest BCUT2D eigenvalue weighted by molar-refractivity contribution is -0.132. The normalized spacial score (nSPS) is 25.0. The summed E-state index contributed by atoms with van der Waals surface area (Å²) in [5, 5.41) is 13.4. The maximum Gasteiger partial charge on any atom is 0.325 e. The summed E-state index contributed by atoms with van der Waals surface area (Å²) in [5.74, 6) is -0.0623. The molecule has 24 heavy (non-hydrogen) atoms. The van der Waals surface area contributed by atoms with Gasteiger partial charge in [0.15, 0.2) is 0 Å². The van der Waals surface area contributed by atoms with Gasteiger partial charge in [-0.05, 0) is 37.3 Å². The molecule has 7 heteroatoms. The molecule has 6 nitrogen and oxygen atoms in total. The van der Waals surface area contributed by atoms with Gasteiger partial charge in [0.2, 0.25) is 0 Å². The first-order valence-corrected chi connectivity index (χ1v) is 8.43. The second-order valence-electron chi connectivity index (χ2n) is 6.58. The van der Waals surface area contributed by atoms with Crippen molar-refractivity contribution in [3.63, 3.8) is 0 Å². The van der Waals surface area contributed by atoms with Crippen molar-refractivity contribution in [2.24, 2.45) is 5.92 Å². The van der Waals surface area contributed by atoms with E-state index in [4.69, 9.17) is 16.3 Å². The van der Waals surface area contributed by atoms with Gasteiger partial charge in [0.05, 0.1) is 25.9 Å². The molecule has 0 aromatic heterocycles. The Morgan fingerprint density at radius 3 is 2.79 bits per heavy atom. The molecule has 2 atom stereocenters. The van der Waals surface area contributed by atoms with Crippen molar-refractivity contribution < 1.29 is 19.4 Å². The van der Waals surface area contributed by atoms with E-state index in [-0.39, 0.29) is 31.6 Å². The summed E-state index contributed by atoms with van der Waals surface area (Å²) in [5.41, 5.74) is -0.00227. The molecule has 0 bridgehead atoms. The van der Waals surface area contributed by atoms with Gasteiger partial charge in [-0.25, -0.2) is 4.79 Å². The molecule has 2 unspecified atom stereocenters. The van der Waals surface area contributed by atoms with E-state index in [0.29, 0.717) is 5.02 Å². The highest BCUT2D eigenvalue weighted by atomic mass is 35.5. The molecule has 1 aliphatic carbocycles. The molecule has 3 rings (SSSR count). The third kappa shape index (κ3) is 3.41. The zero-order chi connectivity index (χ0) is 17.3. The van der Waals surface area contributed by atoms with Crippen LogP contribution in [0.25, 0.3) is 0 Å². The summed E-state index contributed by atoms with van der Waals surface area (Å²) in [7, 11) is 0. The van der Waals surface area contributed by atoms with Crippen molar-refractivity contribution in [1.29, 1.82) is 0 Å². The third-order valence-electron chi connectivity index (χ3n) is 4.61. The minimum Gasteiger partial charge on any atom is -0.389 e. The lowest BCUT2D eigenvalue weighted by Crippen LogP contribution is -2.46. The van der Waals surface area contributed by atoms with E-state index < -0.39 is 17.7 Å². The number of rotatable bonds is 7. The number of aliphatic hydroxyl groups excluding tert-OH is 1. The number of nitrogens with one attached hydrogen (secondary N) is 1. The van der Waals surface area contributed by atoms with Crippen LogP contribution in [-0.4, -0.2) is 46.7 Å². The molecule has 2 aliphatic rings. The predicted octanol–water partition coefficient (Wildman–Crippen LogP) is 1.94. The number of β-amino-alcohol motifs (C(OH)–C–C–N with tert-alkyl or cyclic N) is 1. The van der Waals surface area contributed by atoms with Crippen LogP contribution in [0.15, 0.2) is 24.3 Å². The quantitative estimate of drug-likeness (QED) is 0.735. The molecule has 0 radical (unpaired) electrons. The zero-order valence-corrected chi connectivity index (χ0v) is 14.3. The van der Waals surface area contributed by atoms with Gasteiger partial charge in [0, 0.05) is 5.02 Å². The number of nitrogens with zero attached hydrogens (tertiary/aromatic N) is 1. The lowest BCUT2D eigenvalue weighted by Gasteiger charge is -2.22. The van der Waals surface area contributed by atoms with Gasteiger partial charge in [-0.1, -0.05) is 29.8 Å². The molecule has 2 N–H and O–H groups in total. The number of carbonyl (C=O) groups excluding carboxylic acids is 2. The number of amides is 3. The summed E-state index contributed by atoms with van der Waals surface area (Å²) >= 11 is 6.03. The number of aliphatic hydroxyl groups is 1. The molecule has 2 fully saturated rings. The van der Waals surface area contributed by atoms with Gasteiger partial charge < -0.3 is 15.2 Å². The molecule has 130 valence electrons. The van der Waals surface area contributed by atoms with E-state index in [1.807, 2.05) is 18.2 Å². The van der Waals surface area contributed by atoms with Gasteiger partial charge >= 0.3 is 6.03 Å². The van der Waals surface area contributed by atoms with Gasteiger partial charge in [0.1, 0.15) is 5.54 Å². The van der Waals surface area contributed by atoms with Crippen LogP contribution in [-0.2, 0) is 16.1 Å². The Morgan fingerprint density at radius 1 is 1.42 bits per heavy atom. The highest BCUT2D eigenvalue weighted by Gasteiger charge is 2.56. The first-order valence-electron chi connectivity index (χ1n) is 8.05. The maximum atomic E-state index is 12.5. The van der Waals surface area contributed by atoms with Crippen molar-refractivity contribution in [3.05, 3.63) is 34.9 Å². The van der Waals surface area contributed by atoms with Crippen LogP contribution in [0.2, 0.25) is 5.02 Å². The molecule has 1 aliphatic heterocycles. The smallest absolute Gasteiger partial charge is 0.325 e. The van der Waals surface area contributed by atoms with E-state index in [1.165, 1.54) is 0 Å². The molecular formula is C17H21ClN2O4. The Labute approximate surface area is 145 Å². The second-order valence-corrected chi connectivity index (χ2v) is 6.99. The molecule has 3 amide bonds. The van der Waals surface area contributed by atoms with Crippen molar-refractivity contribution in [2.75, 3.05) is 13.2 Å². The molecule has 1 aromatic carbocycles. The Hall–Kier alpha value is -1.63. The Bertz CT molecular complexity index is 649. The summed E-state index contributed by atoms with van der Waals surface area (Å²) in [6.45, 7) is 1.96. The summed E-state index contributed by atoms with van der Waals surface area (Å²) in [4.78, 5) is 25.6. The first kappa shape index (κ1) is 17.2. The summed E-state index contributed by atoms with van der Waals surface area (Å²) in [6, 6.07) is 6.84. The van der Waals surface area contributed by atoms with E-state index in [0.717, 1.165) is 23.3 Å². The average Bonchev–Trinajstić information content (AvgIpc) is 3.36. The number of halogens is 1. The van der Waals surface area contributed by atoms with Crippen LogP contribution >= 0.6 is 11.6 Å². The van der Waals surface area contributed by atoms with E-state index in [2.05, 4.69) is 5.32 Å². The SMILES string of the molecule is CC1(C2CC2)NC(=O)N(CC(O)COCc2ccccc2Cl)C1=O. The minimum atomic E-state index is -0.941. The van der Waals surface area contributed by atoms with Crippen LogP contribution in [0.5, 0.6) is 0 Å². The second kappa shape index (κ2) is 6.70. The highest BCUT2D eigenvalue weighted by molar-refractivity contribution is 6.31. The predicted molar refractivity (Wildman–Crippen MR) is 88.5 cm³/mol. The number of urea groups is 1. The molecule has 1 saturated carbocycles. The van der Waals surface area contributed by atoms with Crippen molar-refractivity contribution in [2.45, 2.75) is 38.0 Å². The monoisotopic (exact) mass is 352 g/mol. The number of benzene rings is 1. The highest BCUT2D eigenvalue weighted by Crippen LogP contribution is 2.42. The number of hydrogen-bond acceptors (Lipinski definition) is 4. The summed E-state index contributed by atoms with van der Waals surface area (Å²) in [6.07, 6.45) is 0.948. The third-order valence-corrected chi connectivity index (χ3v) is 4.98. The van der Waals surface area contributed by atoms with Crippen LogP contribution < -0.4 is 5.32 Å². The number of hydrogen-bond donors (Lipinski definition) is 2. The van der Waals surface area contributed by atoms with Crippen molar-refractivity contribution >= 4 is 23.5 Å². The molecular weight excluding hydrogens is 332 g/mol.